The van der Waals surface area contributed by atoms with Gasteiger partial charge in [-0.25, -0.2) is 0 Å². The first-order valence-electron chi connectivity index (χ1n) is 9.01. The summed E-state index contributed by atoms with van der Waals surface area (Å²) in [6.07, 6.45) is 6.23. The Bertz CT molecular complexity index is 770. The van der Waals surface area contributed by atoms with Gasteiger partial charge in [0.15, 0.2) is 0 Å². The highest BCUT2D eigenvalue weighted by molar-refractivity contribution is 9.10. The van der Waals surface area contributed by atoms with Gasteiger partial charge in [-0.05, 0) is 49.2 Å². The third kappa shape index (κ3) is 4.36. The molecule has 0 radical (unpaired) electrons. The summed E-state index contributed by atoms with van der Waals surface area (Å²) in [6, 6.07) is 11.3. The number of rotatable bonds is 4. The molecule has 1 fully saturated rings. The van der Waals surface area contributed by atoms with E-state index < -0.39 is 0 Å². The topological polar surface area (TPSA) is 54.3 Å². The van der Waals surface area contributed by atoms with Gasteiger partial charge in [-0.1, -0.05) is 28.8 Å². The van der Waals surface area contributed by atoms with Crippen molar-refractivity contribution >= 4 is 27.7 Å². The second-order valence-electron chi connectivity index (χ2n) is 6.69. The first-order chi connectivity index (χ1) is 12.6. The number of likely N-dealkylation sites (tertiary alicyclic amines) is 1. The number of hydrogen-bond acceptors (Lipinski definition) is 2. The van der Waals surface area contributed by atoms with E-state index in [0.29, 0.717) is 5.56 Å². The van der Waals surface area contributed by atoms with Crippen LogP contribution in [0.25, 0.3) is 0 Å². The summed E-state index contributed by atoms with van der Waals surface area (Å²) >= 11 is 3.35. The van der Waals surface area contributed by atoms with Crippen molar-refractivity contribution in [3.8, 4) is 0 Å². The van der Waals surface area contributed by atoms with Gasteiger partial charge in [-0.2, -0.15) is 0 Å². The van der Waals surface area contributed by atoms with Crippen LogP contribution in [0.3, 0.4) is 0 Å². The van der Waals surface area contributed by atoms with E-state index in [1.54, 1.807) is 12.1 Å². The van der Waals surface area contributed by atoms with E-state index in [1.165, 1.54) is 0 Å². The van der Waals surface area contributed by atoms with Crippen LogP contribution in [0.1, 0.15) is 47.8 Å². The maximum absolute atomic E-state index is 12.9. The zero-order chi connectivity index (χ0) is 18.5. The fraction of sp³-hybridized carbons (Fsp3) is 0.400. The maximum Gasteiger partial charge on any atom is 0.251 e. The van der Waals surface area contributed by atoms with Gasteiger partial charge in [0.05, 0.1) is 12.6 Å². The van der Waals surface area contributed by atoms with Gasteiger partial charge in [0.25, 0.3) is 5.91 Å². The Kier molecular flexibility index (Phi) is 6.14. The number of amides is 2. The molecule has 1 aromatic heterocycles. The lowest BCUT2D eigenvalue weighted by molar-refractivity contribution is -0.132. The fourth-order valence-corrected chi connectivity index (χ4v) is 3.76. The Hall–Kier alpha value is -2.08. The van der Waals surface area contributed by atoms with E-state index in [4.69, 9.17) is 0 Å². The van der Waals surface area contributed by atoms with Crippen LogP contribution in [0.15, 0.2) is 47.1 Å². The highest BCUT2D eigenvalue weighted by Gasteiger charge is 2.28. The van der Waals surface area contributed by atoms with Gasteiger partial charge in [0.2, 0.25) is 5.91 Å². The highest BCUT2D eigenvalue weighted by atomic mass is 79.9. The van der Waals surface area contributed by atoms with E-state index >= 15 is 0 Å². The van der Waals surface area contributed by atoms with Crippen molar-refractivity contribution in [2.75, 3.05) is 13.1 Å². The van der Waals surface area contributed by atoms with Gasteiger partial charge in [-0.15, -0.1) is 0 Å². The highest BCUT2D eigenvalue weighted by Crippen LogP contribution is 2.30. The standard InChI is InChI=1S/C20H24BrN3O2/c1-23-12-5-7-17(23)18-6-3-2-4-13-24(18)19(25)14-22-20(26)15-8-10-16(21)11-9-15/h5,7-12,18H,2-4,6,13-14H2,1H3,(H,22,26). The molecule has 0 aliphatic carbocycles. The average Bonchev–Trinajstić information content (AvgIpc) is 2.92. The summed E-state index contributed by atoms with van der Waals surface area (Å²) in [5.74, 6) is -0.250. The van der Waals surface area contributed by atoms with Crippen LogP contribution < -0.4 is 5.32 Å². The average molecular weight is 418 g/mol. The molecule has 0 spiro atoms. The second-order valence-corrected chi connectivity index (χ2v) is 7.60. The molecule has 1 saturated heterocycles. The Morgan fingerprint density at radius 3 is 2.62 bits per heavy atom. The molecule has 5 nitrogen and oxygen atoms in total. The molecule has 1 N–H and O–H groups in total. The Morgan fingerprint density at radius 1 is 1.15 bits per heavy atom. The number of nitrogens with one attached hydrogen (secondary N) is 1. The van der Waals surface area contributed by atoms with Crippen molar-refractivity contribution < 1.29 is 9.59 Å². The summed E-state index contributed by atoms with van der Waals surface area (Å²) in [5.41, 5.74) is 1.70. The van der Waals surface area contributed by atoms with Crippen molar-refractivity contribution in [1.29, 1.82) is 0 Å². The smallest absolute Gasteiger partial charge is 0.251 e. The minimum Gasteiger partial charge on any atom is -0.353 e. The molecule has 6 heteroatoms. The Morgan fingerprint density at radius 2 is 1.92 bits per heavy atom. The van der Waals surface area contributed by atoms with Crippen LogP contribution in [0.2, 0.25) is 0 Å². The number of carbonyl (C=O) groups is 2. The molecule has 26 heavy (non-hydrogen) atoms. The summed E-state index contributed by atoms with van der Waals surface area (Å²) in [4.78, 5) is 27.1. The molecule has 1 atom stereocenters. The van der Waals surface area contributed by atoms with Crippen LogP contribution >= 0.6 is 15.9 Å². The number of halogens is 1. The van der Waals surface area contributed by atoms with Crippen molar-refractivity contribution in [3.63, 3.8) is 0 Å². The van der Waals surface area contributed by atoms with Crippen molar-refractivity contribution in [3.05, 3.63) is 58.3 Å². The number of benzene rings is 1. The third-order valence-electron chi connectivity index (χ3n) is 4.91. The summed E-state index contributed by atoms with van der Waals surface area (Å²) in [6.45, 7) is 0.763. The largest absolute Gasteiger partial charge is 0.353 e. The molecular formula is C20H24BrN3O2. The van der Waals surface area contributed by atoms with Gasteiger partial charge in [0, 0.05) is 35.5 Å². The second kappa shape index (κ2) is 8.54. The molecule has 0 bridgehead atoms. The lowest BCUT2D eigenvalue weighted by atomic mass is 10.1. The van der Waals surface area contributed by atoms with E-state index in [1.807, 2.05) is 36.3 Å². The monoisotopic (exact) mass is 417 g/mol. The molecule has 0 saturated carbocycles. The summed E-state index contributed by atoms with van der Waals surface area (Å²) in [5, 5.41) is 2.76. The number of nitrogens with zero attached hydrogens (tertiary/aromatic N) is 2. The van der Waals surface area contributed by atoms with E-state index in [2.05, 4.69) is 31.9 Å². The lowest BCUT2D eigenvalue weighted by Gasteiger charge is -2.30. The Balaban J connectivity index is 1.67. The minimum absolute atomic E-state index is 0.0236. The van der Waals surface area contributed by atoms with Gasteiger partial charge in [-0.3, -0.25) is 9.59 Å². The van der Waals surface area contributed by atoms with Gasteiger partial charge < -0.3 is 14.8 Å². The predicted octanol–water partition coefficient (Wildman–Crippen LogP) is 3.66. The Labute approximate surface area is 162 Å². The maximum atomic E-state index is 12.9. The first-order valence-corrected chi connectivity index (χ1v) is 9.80. The number of aryl methyl sites for hydroxylation is 1. The quantitative estimate of drug-likeness (QED) is 0.824. The third-order valence-corrected chi connectivity index (χ3v) is 5.43. The van der Waals surface area contributed by atoms with Crippen molar-refractivity contribution in [1.82, 2.24) is 14.8 Å². The first kappa shape index (κ1) is 18.7. The van der Waals surface area contributed by atoms with Crippen LogP contribution in [0.5, 0.6) is 0 Å². The zero-order valence-electron chi connectivity index (χ0n) is 15.0. The van der Waals surface area contributed by atoms with Crippen LogP contribution in [0, 0.1) is 0 Å². The molecule has 3 rings (SSSR count). The SMILES string of the molecule is Cn1cccc1C1CCCCCN1C(=O)CNC(=O)c1ccc(Br)cc1. The molecule has 1 unspecified atom stereocenters. The van der Waals surface area contributed by atoms with Crippen molar-refractivity contribution in [2.45, 2.75) is 31.7 Å². The van der Waals surface area contributed by atoms with E-state index in [9.17, 15) is 9.59 Å². The van der Waals surface area contributed by atoms with E-state index in [0.717, 1.165) is 42.4 Å². The normalized spacial score (nSPS) is 17.6. The van der Waals surface area contributed by atoms with Crippen LogP contribution in [0.4, 0.5) is 0 Å². The van der Waals surface area contributed by atoms with Gasteiger partial charge >= 0.3 is 0 Å². The van der Waals surface area contributed by atoms with Crippen molar-refractivity contribution in [2.24, 2.45) is 7.05 Å². The molecular weight excluding hydrogens is 394 g/mol. The van der Waals surface area contributed by atoms with Gasteiger partial charge in [0.1, 0.15) is 0 Å². The lowest BCUT2D eigenvalue weighted by Crippen LogP contribution is -2.42. The predicted molar refractivity (Wildman–Crippen MR) is 105 cm³/mol. The van der Waals surface area contributed by atoms with Crippen LogP contribution in [-0.2, 0) is 11.8 Å². The molecule has 138 valence electrons. The molecule has 2 amide bonds. The molecule has 1 aliphatic rings. The summed E-state index contributed by atoms with van der Waals surface area (Å²) in [7, 11) is 2.01. The minimum atomic E-state index is -0.226. The molecule has 2 aromatic rings. The number of carbonyl (C=O) groups excluding carboxylic acids is 2. The molecule has 2 heterocycles. The summed E-state index contributed by atoms with van der Waals surface area (Å²) < 4.78 is 3.00. The van der Waals surface area contributed by atoms with E-state index in [-0.39, 0.29) is 24.4 Å². The number of hydrogen-bond donors (Lipinski definition) is 1. The molecule has 1 aliphatic heterocycles. The zero-order valence-corrected chi connectivity index (χ0v) is 16.5. The van der Waals surface area contributed by atoms with Crippen LogP contribution in [-0.4, -0.2) is 34.4 Å². The number of aromatic nitrogens is 1. The molecule has 1 aromatic carbocycles. The fourth-order valence-electron chi connectivity index (χ4n) is 3.50.